The molecule has 0 aliphatic rings. The molecule has 1 N–H and O–H groups in total. The van der Waals surface area contributed by atoms with E-state index >= 15 is 0 Å². The molecule has 0 unspecified atom stereocenters. The molecule has 2 aromatic rings. The van der Waals surface area contributed by atoms with Gasteiger partial charge in [0.25, 0.3) is 0 Å². The van der Waals surface area contributed by atoms with Crippen LogP contribution in [-0.4, -0.2) is 11.3 Å². The molecule has 0 saturated carbocycles. The molecule has 1 aromatic heterocycles. The molecule has 66 valence electrons. The van der Waals surface area contributed by atoms with Crippen molar-refractivity contribution in [1.82, 2.24) is 4.98 Å². The lowest BCUT2D eigenvalue weighted by molar-refractivity contribution is 0.111. The molecule has 0 atom stereocenters. The fraction of sp³-hybridized carbons (Fsp3) is 0.100. The highest BCUT2D eigenvalue weighted by molar-refractivity contribution is 6.35. The molecule has 0 aliphatic carbocycles. The van der Waals surface area contributed by atoms with Gasteiger partial charge in [0.1, 0.15) is 0 Å². The van der Waals surface area contributed by atoms with E-state index in [-0.39, 0.29) is 0 Å². The Labute approximate surface area is 80.5 Å². The first-order valence-corrected chi connectivity index (χ1v) is 4.34. The lowest BCUT2D eigenvalue weighted by atomic mass is 10.1. The van der Waals surface area contributed by atoms with Gasteiger partial charge in [-0.05, 0) is 24.6 Å². The summed E-state index contributed by atoms with van der Waals surface area (Å²) in [6.45, 7) is 1.88. The highest BCUT2D eigenvalue weighted by atomic mass is 35.5. The second kappa shape index (κ2) is 2.89. The van der Waals surface area contributed by atoms with Gasteiger partial charge in [0.2, 0.25) is 0 Å². The number of rotatable bonds is 1. The Kier molecular flexibility index (Phi) is 1.85. The van der Waals surface area contributed by atoms with Crippen LogP contribution in [0.5, 0.6) is 0 Å². The van der Waals surface area contributed by atoms with Crippen LogP contribution in [0.25, 0.3) is 10.9 Å². The first kappa shape index (κ1) is 8.32. The summed E-state index contributed by atoms with van der Waals surface area (Å²) in [6.07, 6.45) is 0.811. The van der Waals surface area contributed by atoms with Gasteiger partial charge in [-0.1, -0.05) is 17.7 Å². The van der Waals surface area contributed by atoms with Crippen LogP contribution < -0.4 is 0 Å². The van der Waals surface area contributed by atoms with Crippen molar-refractivity contribution in [3.63, 3.8) is 0 Å². The van der Waals surface area contributed by atoms with Gasteiger partial charge < -0.3 is 4.98 Å². The average molecular weight is 194 g/mol. The van der Waals surface area contributed by atoms with Crippen molar-refractivity contribution in [2.45, 2.75) is 6.92 Å². The molecule has 0 amide bonds. The zero-order valence-electron chi connectivity index (χ0n) is 7.10. The number of benzene rings is 1. The van der Waals surface area contributed by atoms with Crippen LogP contribution in [-0.2, 0) is 0 Å². The molecule has 3 heteroatoms. The van der Waals surface area contributed by atoms with E-state index in [2.05, 4.69) is 4.98 Å². The Morgan fingerprint density at radius 2 is 2.23 bits per heavy atom. The third-order valence-corrected chi connectivity index (χ3v) is 2.49. The van der Waals surface area contributed by atoms with Crippen LogP contribution in [0.2, 0.25) is 5.02 Å². The number of aromatic nitrogens is 1. The van der Waals surface area contributed by atoms with Gasteiger partial charge in [0.05, 0.1) is 10.7 Å². The van der Waals surface area contributed by atoms with Crippen LogP contribution in [0.15, 0.2) is 18.2 Å². The quantitative estimate of drug-likeness (QED) is 0.694. The number of nitrogens with one attached hydrogen (secondary N) is 1. The molecular formula is C10H8ClNO. The lowest BCUT2D eigenvalue weighted by Crippen LogP contribution is -1.80. The highest BCUT2D eigenvalue weighted by Crippen LogP contribution is 2.27. The van der Waals surface area contributed by atoms with E-state index in [9.17, 15) is 4.79 Å². The number of fused-ring (bicyclic) bond motifs is 1. The molecule has 0 fully saturated rings. The van der Waals surface area contributed by atoms with E-state index in [1.807, 2.05) is 25.1 Å². The zero-order valence-corrected chi connectivity index (χ0v) is 7.85. The first-order valence-electron chi connectivity index (χ1n) is 3.96. The summed E-state index contributed by atoms with van der Waals surface area (Å²) in [4.78, 5) is 13.6. The van der Waals surface area contributed by atoms with Gasteiger partial charge >= 0.3 is 0 Å². The van der Waals surface area contributed by atoms with Crippen molar-refractivity contribution in [2.75, 3.05) is 0 Å². The van der Waals surface area contributed by atoms with Crippen LogP contribution in [0, 0.1) is 6.92 Å². The SMILES string of the molecule is Cc1c(C=O)[nH]c2cccc(Cl)c12. The van der Waals surface area contributed by atoms with E-state index in [0.29, 0.717) is 10.7 Å². The normalized spacial score (nSPS) is 10.6. The summed E-state index contributed by atoms with van der Waals surface area (Å²) >= 11 is 6.00. The number of aldehydes is 1. The van der Waals surface area contributed by atoms with Crippen LogP contribution in [0.3, 0.4) is 0 Å². The smallest absolute Gasteiger partial charge is 0.166 e. The molecule has 0 saturated heterocycles. The van der Waals surface area contributed by atoms with E-state index in [1.54, 1.807) is 0 Å². The van der Waals surface area contributed by atoms with Crippen LogP contribution >= 0.6 is 11.6 Å². The minimum absolute atomic E-state index is 0.600. The second-order valence-corrected chi connectivity index (χ2v) is 3.35. The summed E-state index contributed by atoms with van der Waals surface area (Å²) in [5.74, 6) is 0. The van der Waals surface area contributed by atoms with Crippen molar-refractivity contribution in [2.24, 2.45) is 0 Å². The largest absolute Gasteiger partial charge is 0.352 e. The summed E-state index contributed by atoms with van der Waals surface area (Å²) in [5.41, 5.74) is 2.42. The Bertz CT molecular complexity index is 473. The van der Waals surface area contributed by atoms with Crippen molar-refractivity contribution in [1.29, 1.82) is 0 Å². The molecule has 2 nitrogen and oxygen atoms in total. The predicted octanol–water partition coefficient (Wildman–Crippen LogP) is 2.94. The van der Waals surface area contributed by atoms with Crippen molar-refractivity contribution in [3.8, 4) is 0 Å². The summed E-state index contributed by atoms with van der Waals surface area (Å²) in [6, 6.07) is 5.58. The van der Waals surface area contributed by atoms with Gasteiger partial charge in [0, 0.05) is 10.9 Å². The average Bonchev–Trinajstić information content (AvgIpc) is 2.44. The highest BCUT2D eigenvalue weighted by Gasteiger charge is 2.08. The monoisotopic (exact) mass is 193 g/mol. The maximum Gasteiger partial charge on any atom is 0.166 e. The lowest BCUT2D eigenvalue weighted by Gasteiger charge is -1.93. The molecule has 13 heavy (non-hydrogen) atoms. The van der Waals surface area contributed by atoms with E-state index < -0.39 is 0 Å². The van der Waals surface area contributed by atoms with Gasteiger partial charge in [0.15, 0.2) is 6.29 Å². The number of H-pyrrole nitrogens is 1. The molecule has 0 aliphatic heterocycles. The minimum Gasteiger partial charge on any atom is -0.352 e. The maximum absolute atomic E-state index is 10.6. The maximum atomic E-state index is 10.6. The number of aryl methyl sites for hydroxylation is 1. The Morgan fingerprint density at radius 3 is 2.85 bits per heavy atom. The van der Waals surface area contributed by atoms with Crippen LogP contribution in [0.1, 0.15) is 16.1 Å². The molecule has 0 radical (unpaired) electrons. The predicted molar refractivity (Wildman–Crippen MR) is 53.4 cm³/mol. The molecule has 1 heterocycles. The summed E-state index contributed by atoms with van der Waals surface area (Å²) < 4.78 is 0. The second-order valence-electron chi connectivity index (χ2n) is 2.94. The van der Waals surface area contributed by atoms with Crippen molar-refractivity contribution < 1.29 is 4.79 Å². The van der Waals surface area contributed by atoms with Gasteiger partial charge in [-0.3, -0.25) is 4.79 Å². The zero-order chi connectivity index (χ0) is 9.42. The summed E-state index contributed by atoms with van der Waals surface area (Å²) in [7, 11) is 0. The number of aromatic amines is 1. The van der Waals surface area contributed by atoms with Gasteiger partial charge in [-0.2, -0.15) is 0 Å². The van der Waals surface area contributed by atoms with Crippen LogP contribution in [0.4, 0.5) is 0 Å². The van der Waals surface area contributed by atoms with Crippen molar-refractivity contribution in [3.05, 3.63) is 34.5 Å². The molecule has 2 rings (SSSR count). The molecular weight excluding hydrogens is 186 g/mol. The number of halogens is 1. The third kappa shape index (κ3) is 1.14. The standard InChI is InChI=1S/C10H8ClNO/c1-6-9(5-13)12-8-4-2-3-7(11)10(6)8/h2-5,12H,1H3. The third-order valence-electron chi connectivity index (χ3n) is 2.18. The fourth-order valence-corrected chi connectivity index (χ4v) is 1.82. The van der Waals surface area contributed by atoms with Crippen molar-refractivity contribution >= 4 is 28.8 Å². The Hall–Kier alpha value is -1.28. The van der Waals surface area contributed by atoms with Gasteiger partial charge in [-0.15, -0.1) is 0 Å². The van der Waals surface area contributed by atoms with E-state index in [1.165, 1.54) is 0 Å². The molecule has 1 aromatic carbocycles. The molecule has 0 bridgehead atoms. The Balaban J connectivity index is 2.92. The van der Waals surface area contributed by atoms with Gasteiger partial charge in [-0.25, -0.2) is 0 Å². The number of carbonyl (C=O) groups excluding carboxylic acids is 1. The summed E-state index contributed by atoms with van der Waals surface area (Å²) in [5, 5.41) is 1.62. The van der Waals surface area contributed by atoms with E-state index in [4.69, 9.17) is 11.6 Å². The number of hydrogen-bond donors (Lipinski definition) is 1. The minimum atomic E-state index is 0.600. The Morgan fingerprint density at radius 1 is 1.46 bits per heavy atom. The number of carbonyl (C=O) groups is 1. The number of hydrogen-bond acceptors (Lipinski definition) is 1. The fourth-order valence-electron chi connectivity index (χ4n) is 1.50. The van der Waals surface area contributed by atoms with E-state index in [0.717, 1.165) is 22.8 Å². The molecule has 0 spiro atoms. The topological polar surface area (TPSA) is 32.9 Å². The first-order chi connectivity index (χ1) is 6.24.